The Kier molecular flexibility index (Phi) is 6.47. The molecule has 0 atom stereocenters. The first-order chi connectivity index (χ1) is 15.3. The molecule has 0 spiro atoms. The summed E-state index contributed by atoms with van der Waals surface area (Å²) < 4.78 is 12.0. The molecule has 0 saturated carbocycles. The summed E-state index contributed by atoms with van der Waals surface area (Å²) in [5.74, 6) is 8.90. The maximum atomic E-state index is 6.17. The van der Waals surface area contributed by atoms with Crippen molar-refractivity contribution < 1.29 is 9.47 Å². The average molecular weight is 406 g/mol. The summed E-state index contributed by atoms with van der Waals surface area (Å²) in [4.78, 5) is 4.29. The van der Waals surface area contributed by atoms with Gasteiger partial charge in [-0.25, -0.2) is 0 Å². The van der Waals surface area contributed by atoms with Crippen molar-refractivity contribution in [2.75, 3.05) is 11.9 Å². The number of para-hydroxylation sites is 1. The number of rotatable bonds is 7. The lowest BCUT2D eigenvalue weighted by Crippen LogP contribution is -1.98. The second kappa shape index (κ2) is 10.00. The Morgan fingerprint density at radius 3 is 2.32 bits per heavy atom. The van der Waals surface area contributed by atoms with Gasteiger partial charge in [0, 0.05) is 23.6 Å². The molecule has 0 saturated heterocycles. The zero-order chi connectivity index (χ0) is 21.3. The number of benzene rings is 3. The lowest BCUT2D eigenvalue weighted by molar-refractivity contribution is 0.470. The molecular weight excluding hydrogens is 384 g/mol. The Labute approximate surface area is 182 Å². The van der Waals surface area contributed by atoms with Gasteiger partial charge in [-0.2, -0.15) is 0 Å². The number of anilines is 1. The Morgan fingerprint density at radius 2 is 1.55 bits per heavy atom. The minimum Gasteiger partial charge on any atom is -0.457 e. The van der Waals surface area contributed by atoms with Gasteiger partial charge in [-0.3, -0.25) is 4.98 Å². The van der Waals surface area contributed by atoms with Gasteiger partial charge in [0.25, 0.3) is 0 Å². The predicted molar refractivity (Wildman–Crippen MR) is 125 cm³/mol. The van der Waals surface area contributed by atoms with Gasteiger partial charge in [0.1, 0.15) is 23.0 Å². The smallest absolute Gasteiger partial charge is 0.138 e. The highest BCUT2D eigenvalue weighted by Crippen LogP contribution is 2.34. The third-order valence-electron chi connectivity index (χ3n) is 4.54. The van der Waals surface area contributed by atoms with Crippen LogP contribution in [-0.2, 0) is 0 Å². The molecule has 0 unspecified atom stereocenters. The molecule has 1 aromatic heterocycles. The van der Waals surface area contributed by atoms with E-state index in [4.69, 9.17) is 9.47 Å². The van der Waals surface area contributed by atoms with Crippen molar-refractivity contribution in [3.63, 3.8) is 0 Å². The average Bonchev–Trinajstić information content (AvgIpc) is 2.82. The number of hydrogen-bond donors (Lipinski definition) is 1. The molecule has 4 nitrogen and oxygen atoms in total. The number of pyridine rings is 1. The summed E-state index contributed by atoms with van der Waals surface area (Å²) in [6.45, 7) is 2.44. The van der Waals surface area contributed by atoms with Crippen molar-refractivity contribution in [2.45, 2.75) is 6.92 Å². The van der Waals surface area contributed by atoms with Crippen molar-refractivity contribution in [3.8, 4) is 46.0 Å². The Morgan fingerprint density at radius 1 is 0.806 bits per heavy atom. The van der Waals surface area contributed by atoms with E-state index in [-0.39, 0.29) is 0 Å². The molecule has 0 aliphatic rings. The Hall–Kier alpha value is -4.23. The fourth-order valence-electron chi connectivity index (χ4n) is 3.05. The van der Waals surface area contributed by atoms with E-state index in [1.54, 1.807) is 6.20 Å². The minimum atomic E-state index is 0.605. The van der Waals surface area contributed by atoms with Crippen molar-refractivity contribution in [3.05, 3.63) is 97.3 Å². The second-order valence-electron chi connectivity index (χ2n) is 6.72. The SMILES string of the molecule is CC#CCNc1cccc(-c2cnccc2Oc2ccc(Oc3ccccc3)cc2)c1. The molecule has 0 bridgehead atoms. The summed E-state index contributed by atoms with van der Waals surface area (Å²) in [7, 11) is 0. The Balaban J connectivity index is 1.51. The lowest BCUT2D eigenvalue weighted by atomic mass is 10.1. The van der Waals surface area contributed by atoms with Crippen LogP contribution >= 0.6 is 0 Å². The summed E-state index contributed by atoms with van der Waals surface area (Å²) >= 11 is 0. The first kappa shape index (κ1) is 20.1. The maximum Gasteiger partial charge on any atom is 0.138 e. The zero-order valence-corrected chi connectivity index (χ0v) is 17.2. The van der Waals surface area contributed by atoms with Gasteiger partial charge < -0.3 is 14.8 Å². The molecule has 1 N–H and O–H groups in total. The van der Waals surface area contributed by atoms with E-state index in [0.717, 1.165) is 39.8 Å². The fourth-order valence-corrected chi connectivity index (χ4v) is 3.05. The summed E-state index contributed by atoms with van der Waals surface area (Å²) in [5.41, 5.74) is 2.93. The van der Waals surface area contributed by atoms with Crippen LogP contribution in [0, 0.1) is 11.8 Å². The maximum absolute atomic E-state index is 6.17. The van der Waals surface area contributed by atoms with E-state index in [9.17, 15) is 0 Å². The molecular formula is C27H22N2O2. The molecule has 0 aliphatic heterocycles. The lowest BCUT2D eigenvalue weighted by Gasteiger charge is -2.13. The zero-order valence-electron chi connectivity index (χ0n) is 17.2. The van der Waals surface area contributed by atoms with Crippen LogP contribution in [0.2, 0.25) is 0 Å². The highest BCUT2D eigenvalue weighted by molar-refractivity contribution is 5.73. The van der Waals surface area contributed by atoms with Crippen LogP contribution in [0.3, 0.4) is 0 Å². The van der Waals surface area contributed by atoms with Crippen molar-refractivity contribution in [1.82, 2.24) is 4.98 Å². The summed E-state index contributed by atoms with van der Waals surface area (Å²) in [5, 5.41) is 3.30. The van der Waals surface area contributed by atoms with E-state index in [1.807, 2.05) is 92.0 Å². The van der Waals surface area contributed by atoms with Crippen LogP contribution in [0.25, 0.3) is 11.1 Å². The molecule has 1 heterocycles. The quantitative estimate of drug-likeness (QED) is 0.344. The number of nitrogens with one attached hydrogen (secondary N) is 1. The minimum absolute atomic E-state index is 0.605. The fraction of sp³-hybridized carbons (Fsp3) is 0.0741. The van der Waals surface area contributed by atoms with Crippen molar-refractivity contribution in [1.29, 1.82) is 0 Å². The monoisotopic (exact) mass is 406 g/mol. The van der Waals surface area contributed by atoms with Crippen LogP contribution in [0.5, 0.6) is 23.0 Å². The second-order valence-corrected chi connectivity index (χ2v) is 6.72. The highest BCUT2D eigenvalue weighted by atomic mass is 16.5. The number of aromatic nitrogens is 1. The Bertz CT molecular complexity index is 1190. The molecule has 152 valence electrons. The van der Waals surface area contributed by atoms with Gasteiger partial charge >= 0.3 is 0 Å². The van der Waals surface area contributed by atoms with E-state index in [1.165, 1.54) is 0 Å². The molecule has 4 heteroatoms. The molecule has 4 rings (SSSR count). The van der Waals surface area contributed by atoms with E-state index in [0.29, 0.717) is 6.54 Å². The number of hydrogen-bond acceptors (Lipinski definition) is 4. The van der Waals surface area contributed by atoms with Crippen LogP contribution in [0.1, 0.15) is 6.92 Å². The van der Waals surface area contributed by atoms with Crippen molar-refractivity contribution in [2.24, 2.45) is 0 Å². The predicted octanol–water partition coefficient (Wildman–Crippen LogP) is 6.77. The van der Waals surface area contributed by atoms with Crippen LogP contribution in [0.4, 0.5) is 5.69 Å². The van der Waals surface area contributed by atoms with E-state index < -0.39 is 0 Å². The molecule has 4 aromatic rings. The molecule has 0 radical (unpaired) electrons. The van der Waals surface area contributed by atoms with Crippen LogP contribution < -0.4 is 14.8 Å². The first-order valence-corrected chi connectivity index (χ1v) is 10.0. The molecule has 0 aliphatic carbocycles. The van der Waals surface area contributed by atoms with Gasteiger partial charge in [-0.1, -0.05) is 36.3 Å². The van der Waals surface area contributed by atoms with Gasteiger partial charge in [0.2, 0.25) is 0 Å². The van der Waals surface area contributed by atoms with Gasteiger partial charge in [0.15, 0.2) is 0 Å². The highest BCUT2D eigenvalue weighted by Gasteiger charge is 2.09. The van der Waals surface area contributed by atoms with Crippen LogP contribution in [0.15, 0.2) is 97.3 Å². The van der Waals surface area contributed by atoms with Gasteiger partial charge in [-0.05, 0) is 67.1 Å². The summed E-state index contributed by atoms with van der Waals surface area (Å²) in [6.07, 6.45) is 3.54. The van der Waals surface area contributed by atoms with Crippen molar-refractivity contribution >= 4 is 5.69 Å². The van der Waals surface area contributed by atoms with Crippen LogP contribution in [-0.4, -0.2) is 11.5 Å². The third-order valence-corrected chi connectivity index (χ3v) is 4.54. The topological polar surface area (TPSA) is 43.4 Å². The van der Waals surface area contributed by atoms with Gasteiger partial charge in [-0.15, -0.1) is 5.92 Å². The van der Waals surface area contributed by atoms with E-state index in [2.05, 4.69) is 28.2 Å². The standard InChI is InChI=1S/C27H22N2O2/c1-2-3-17-29-22-9-7-8-21(19-22)26-20-28-18-16-27(26)31-25-14-12-24(13-15-25)30-23-10-5-4-6-11-23/h4-16,18-20,29H,17H2,1H3. The number of ether oxygens (including phenoxy) is 2. The van der Waals surface area contributed by atoms with E-state index >= 15 is 0 Å². The third kappa shape index (κ3) is 5.43. The number of nitrogens with zero attached hydrogens (tertiary/aromatic N) is 1. The molecule has 0 amide bonds. The summed E-state index contributed by atoms with van der Waals surface area (Å²) in [6, 6.07) is 27.3. The first-order valence-electron chi connectivity index (χ1n) is 10.0. The molecule has 0 fully saturated rings. The van der Waals surface area contributed by atoms with Gasteiger partial charge in [0.05, 0.1) is 6.54 Å². The molecule has 31 heavy (non-hydrogen) atoms. The largest absolute Gasteiger partial charge is 0.457 e. The molecule has 3 aromatic carbocycles. The normalized spacial score (nSPS) is 9.97.